The molecule has 2 aromatic carbocycles. The van der Waals surface area contributed by atoms with E-state index in [1.807, 2.05) is 72.8 Å². The number of halogens is 2. The van der Waals surface area contributed by atoms with Crippen LogP contribution in [0.3, 0.4) is 0 Å². The number of hydrogen-bond acceptors (Lipinski definition) is 3. The van der Waals surface area contributed by atoms with Gasteiger partial charge in [-0.1, -0.05) is 59.6 Å². The number of furan rings is 2. The van der Waals surface area contributed by atoms with Gasteiger partial charge in [0.25, 0.3) is 0 Å². The molecule has 1 N–H and O–H groups in total. The van der Waals surface area contributed by atoms with Crippen molar-refractivity contribution in [3.05, 3.63) is 118 Å². The van der Waals surface area contributed by atoms with Crippen LogP contribution >= 0.6 is 23.2 Å². The summed E-state index contributed by atoms with van der Waals surface area (Å²) >= 11 is 13.0. The van der Waals surface area contributed by atoms with Gasteiger partial charge in [0, 0.05) is 10.0 Å². The Balaban J connectivity index is 1.80. The van der Waals surface area contributed by atoms with Crippen molar-refractivity contribution in [3.63, 3.8) is 0 Å². The molecule has 0 aliphatic heterocycles. The van der Waals surface area contributed by atoms with Gasteiger partial charge in [0.2, 0.25) is 0 Å². The summed E-state index contributed by atoms with van der Waals surface area (Å²) in [5.74, 6) is 1.51. The fourth-order valence-electron chi connectivity index (χ4n) is 3.15. The molecule has 0 aliphatic carbocycles. The molecule has 27 heavy (non-hydrogen) atoms. The van der Waals surface area contributed by atoms with Crippen molar-refractivity contribution in [2.45, 2.75) is 12.1 Å². The molecule has 0 saturated carbocycles. The summed E-state index contributed by atoms with van der Waals surface area (Å²) in [6.45, 7) is 0. The van der Waals surface area contributed by atoms with Gasteiger partial charge in [-0.25, -0.2) is 0 Å². The van der Waals surface area contributed by atoms with Crippen LogP contribution in [0.5, 0.6) is 0 Å². The average Bonchev–Trinajstić information content (AvgIpc) is 3.38. The zero-order valence-electron chi connectivity index (χ0n) is 14.3. The maximum Gasteiger partial charge on any atom is 0.125 e. The fourth-order valence-corrected chi connectivity index (χ4v) is 3.64. The lowest BCUT2D eigenvalue weighted by Crippen LogP contribution is -2.28. The van der Waals surface area contributed by atoms with Gasteiger partial charge in [-0.05, 0) is 47.5 Å². The lowest BCUT2D eigenvalue weighted by atomic mass is 9.99. The Morgan fingerprint density at radius 3 is 1.41 bits per heavy atom. The smallest absolute Gasteiger partial charge is 0.125 e. The summed E-state index contributed by atoms with van der Waals surface area (Å²) in [5.41, 5.74) is 1.83. The predicted octanol–water partition coefficient (Wildman–Crippen LogP) is 6.65. The number of nitrogens with one attached hydrogen (secondary N) is 1. The third-order valence-corrected chi connectivity index (χ3v) is 5.11. The highest BCUT2D eigenvalue weighted by molar-refractivity contribution is 6.31. The van der Waals surface area contributed by atoms with Gasteiger partial charge >= 0.3 is 0 Å². The normalized spacial score (nSPS) is 13.4. The first-order valence-electron chi connectivity index (χ1n) is 8.56. The van der Waals surface area contributed by atoms with Crippen molar-refractivity contribution in [1.29, 1.82) is 0 Å². The molecule has 0 spiro atoms. The van der Waals surface area contributed by atoms with Gasteiger partial charge in [-0.2, -0.15) is 0 Å². The second-order valence-electron chi connectivity index (χ2n) is 6.11. The van der Waals surface area contributed by atoms with Crippen molar-refractivity contribution < 1.29 is 8.83 Å². The molecule has 0 bridgehead atoms. The quantitative estimate of drug-likeness (QED) is 0.395. The molecule has 4 rings (SSSR count). The third-order valence-electron chi connectivity index (χ3n) is 4.42. The Hall–Kier alpha value is -2.46. The van der Waals surface area contributed by atoms with Crippen molar-refractivity contribution in [3.8, 4) is 0 Å². The van der Waals surface area contributed by atoms with E-state index >= 15 is 0 Å². The SMILES string of the molecule is Clc1ccccc1C(NC(c1ccco1)c1ccccc1Cl)c1ccco1. The van der Waals surface area contributed by atoms with E-state index in [-0.39, 0.29) is 12.1 Å². The molecule has 2 atom stereocenters. The summed E-state index contributed by atoms with van der Waals surface area (Å²) in [4.78, 5) is 0. The minimum Gasteiger partial charge on any atom is -0.467 e. The van der Waals surface area contributed by atoms with Crippen LogP contribution in [-0.2, 0) is 0 Å². The van der Waals surface area contributed by atoms with E-state index < -0.39 is 0 Å². The summed E-state index contributed by atoms with van der Waals surface area (Å²) in [7, 11) is 0. The molecule has 2 aromatic heterocycles. The van der Waals surface area contributed by atoms with Crippen LogP contribution in [0.2, 0.25) is 10.0 Å². The van der Waals surface area contributed by atoms with Crippen LogP contribution in [0.15, 0.2) is 94.2 Å². The van der Waals surface area contributed by atoms with Crippen molar-refractivity contribution >= 4 is 23.2 Å². The first-order chi connectivity index (χ1) is 13.2. The molecule has 0 amide bonds. The third kappa shape index (κ3) is 3.81. The molecular formula is C22H17Cl2NO2. The second-order valence-corrected chi connectivity index (χ2v) is 6.92. The van der Waals surface area contributed by atoms with Gasteiger partial charge in [0.15, 0.2) is 0 Å². The Bertz CT molecular complexity index is 915. The lowest BCUT2D eigenvalue weighted by Gasteiger charge is -2.25. The molecule has 5 heteroatoms. The monoisotopic (exact) mass is 397 g/mol. The molecule has 2 unspecified atom stereocenters. The van der Waals surface area contributed by atoms with E-state index in [2.05, 4.69) is 5.32 Å². The lowest BCUT2D eigenvalue weighted by molar-refractivity contribution is 0.391. The van der Waals surface area contributed by atoms with Crippen LogP contribution in [0.1, 0.15) is 34.7 Å². The van der Waals surface area contributed by atoms with E-state index in [0.29, 0.717) is 10.0 Å². The fraction of sp³-hybridized carbons (Fsp3) is 0.0909. The molecule has 0 aliphatic rings. The summed E-state index contributed by atoms with van der Waals surface area (Å²) in [6, 6.07) is 22.4. The standard InChI is InChI=1S/C22H17Cl2NO2/c23-17-9-3-1-7-15(17)21(19-11-5-13-26-19)25-22(20-12-6-14-27-20)16-8-2-4-10-18(16)24/h1-14,21-22,25H. The van der Waals surface area contributed by atoms with Crippen LogP contribution < -0.4 is 5.32 Å². The Morgan fingerprint density at radius 2 is 1.04 bits per heavy atom. The number of benzene rings is 2. The maximum absolute atomic E-state index is 6.49. The maximum atomic E-state index is 6.49. The summed E-state index contributed by atoms with van der Waals surface area (Å²) in [6.07, 6.45) is 3.30. The first-order valence-corrected chi connectivity index (χ1v) is 9.31. The Morgan fingerprint density at radius 1 is 0.593 bits per heavy atom. The van der Waals surface area contributed by atoms with E-state index in [1.54, 1.807) is 12.5 Å². The number of rotatable bonds is 6. The minimum atomic E-state index is -0.278. The predicted molar refractivity (Wildman–Crippen MR) is 107 cm³/mol. The van der Waals surface area contributed by atoms with Crippen molar-refractivity contribution in [2.75, 3.05) is 0 Å². The van der Waals surface area contributed by atoms with Crippen LogP contribution in [0.25, 0.3) is 0 Å². The van der Waals surface area contributed by atoms with Crippen LogP contribution in [0, 0.1) is 0 Å². The van der Waals surface area contributed by atoms with Gasteiger partial charge in [0.05, 0.1) is 24.6 Å². The molecule has 0 fully saturated rings. The van der Waals surface area contributed by atoms with Gasteiger partial charge in [0.1, 0.15) is 11.5 Å². The van der Waals surface area contributed by atoms with Gasteiger partial charge in [-0.3, -0.25) is 5.32 Å². The molecular weight excluding hydrogens is 381 g/mol. The topological polar surface area (TPSA) is 38.3 Å². The molecule has 2 heterocycles. The highest BCUT2D eigenvalue weighted by Gasteiger charge is 2.27. The minimum absolute atomic E-state index is 0.278. The van der Waals surface area contributed by atoms with E-state index in [0.717, 1.165) is 22.6 Å². The van der Waals surface area contributed by atoms with E-state index in [9.17, 15) is 0 Å². The second kappa shape index (κ2) is 8.05. The largest absolute Gasteiger partial charge is 0.467 e. The molecule has 0 radical (unpaired) electrons. The molecule has 136 valence electrons. The highest BCUT2D eigenvalue weighted by Crippen LogP contribution is 2.35. The summed E-state index contributed by atoms with van der Waals surface area (Å²) in [5, 5.41) is 4.93. The van der Waals surface area contributed by atoms with Gasteiger partial charge < -0.3 is 8.83 Å². The van der Waals surface area contributed by atoms with Crippen molar-refractivity contribution in [2.24, 2.45) is 0 Å². The molecule has 0 saturated heterocycles. The molecule has 3 nitrogen and oxygen atoms in total. The molecule has 4 aromatic rings. The Kier molecular flexibility index (Phi) is 5.35. The highest BCUT2D eigenvalue weighted by atomic mass is 35.5. The zero-order chi connectivity index (χ0) is 18.6. The first kappa shape index (κ1) is 17.9. The Labute approximate surface area is 167 Å². The average molecular weight is 398 g/mol. The van der Waals surface area contributed by atoms with Crippen LogP contribution in [0.4, 0.5) is 0 Å². The van der Waals surface area contributed by atoms with E-state index in [4.69, 9.17) is 32.0 Å². The zero-order valence-corrected chi connectivity index (χ0v) is 15.8. The summed E-state index contributed by atoms with van der Waals surface area (Å²) < 4.78 is 11.4. The van der Waals surface area contributed by atoms with Crippen molar-refractivity contribution in [1.82, 2.24) is 5.32 Å². The number of hydrogen-bond donors (Lipinski definition) is 1. The van der Waals surface area contributed by atoms with E-state index in [1.165, 1.54) is 0 Å². The van der Waals surface area contributed by atoms with Gasteiger partial charge in [-0.15, -0.1) is 0 Å². The van der Waals surface area contributed by atoms with Crippen LogP contribution in [-0.4, -0.2) is 0 Å².